The van der Waals surface area contributed by atoms with E-state index in [9.17, 15) is 14.4 Å². The van der Waals surface area contributed by atoms with Crippen LogP contribution in [0.1, 0.15) is 38.8 Å². The molecule has 1 aromatic heterocycles. The number of carbonyl (C=O) groups is 3. The zero-order valence-electron chi connectivity index (χ0n) is 18.0. The highest BCUT2D eigenvalue weighted by molar-refractivity contribution is 7.13. The van der Waals surface area contributed by atoms with Gasteiger partial charge < -0.3 is 4.74 Å². The average Bonchev–Trinajstić information content (AvgIpc) is 3.34. The van der Waals surface area contributed by atoms with Crippen LogP contribution in [0.15, 0.2) is 41.8 Å². The molecule has 4 rings (SSSR count). The van der Waals surface area contributed by atoms with E-state index in [2.05, 4.69) is 4.98 Å². The van der Waals surface area contributed by atoms with Gasteiger partial charge in [-0.15, -0.1) is 11.3 Å². The van der Waals surface area contributed by atoms with Crippen molar-refractivity contribution in [1.82, 2.24) is 9.88 Å². The predicted molar refractivity (Wildman–Crippen MR) is 123 cm³/mol. The average molecular weight is 473 g/mol. The van der Waals surface area contributed by atoms with Crippen molar-refractivity contribution in [2.24, 2.45) is 17.8 Å². The molecule has 1 fully saturated rings. The molecular weight excluding hydrogens is 448 g/mol. The van der Waals surface area contributed by atoms with Gasteiger partial charge in [0.05, 0.1) is 22.6 Å². The molecule has 3 atom stereocenters. The zero-order chi connectivity index (χ0) is 22.8. The zero-order valence-corrected chi connectivity index (χ0v) is 19.6. The molecule has 1 aliphatic carbocycles. The Morgan fingerprint density at radius 1 is 1.19 bits per heavy atom. The first-order valence-electron chi connectivity index (χ1n) is 10.7. The number of aromatic nitrogens is 1. The molecule has 8 heteroatoms. The van der Waals surface area contributed by atoms with Crippen LogP contribution in [0.5, 0.6) is 0 Å². The van der Waals surface area contributed by atoms with E-state index in [4.69, 9.17) is 16.3 Å². The Morgan fingerprint density at radius 2 is 1.84 bits per heavy atom. The monoisotopic (exact) mass is 472 g/mol. The third-order valence-electron chi connectivity index (χ3n) is 5.84. The minimum Gasteiger partial charge on any atom is -0.458 e. The fourth-order valence-corrected chi connectivity index (χ4v) is 5.38. The molecule has 2 aliphatic rings. The summed E-state index contributed by atoms with van der Waals surface area (Å²) in [5, 5.41) is 3.15. The minimum atomic E-state index is -0.915. The van der Waals surface area contributed by atoms with Crippen LogP contribution in [0.3, 0.4) is 0 Å². The van der Waals surface area contributed by atoms with E-state index in [1.165, 1.54) is 16.2 Å². The molecule has 2 heterocycles. The maximum Gasteiger partial charge on any atom is 0.329 e. The standard InChI is InChI=1S/C24H25ClN2O4S/c1-14(2)11-20(27-22(28)16-7-3-4-8-17(16)23(27)29)24(30)31-12-15-13-32-21(26-15)18-9-5-6-10-19(18)25/h3-6,9-10,13-14,16-17,20H,7-8,11-12H2,1-2H3. The quantitative estimate of drug-likeness (QED) is 0.326. The molecule has 0 bridgehead atoms. The number of ether oxygens (including phenoxy) is 1. The number of nitrogens with zero attached hydrogens (tertiary/aromatic N) is 2. The van der Waals surface area contributed by atoms with Gasteiger partial charge in [0.2, 0.25) is 11.8 Å². The van der Waals surface area contributed by atoms with Crippen molar-refractivity contribution >= 4 is 40.7 Å². The lowest BCUT2D eigenvalue weighted by atomic mass is 9.85. The Bertz CT molecular complexity index is 1040. The summed E-state index contributed by atoms with van der Waals surface area (Å²) >= 11 is 7.66. The highest BCUT2D eigenvalue weighted by Gasteiger charge is 2.51. The number of rotatable bonds is 7. The van der Waals surface area contributed by atoms with Crippen LogP contribution in [-0.2, 0) is 25.7 Å². The molecule has 168 valence electrons. The van der Waals surface area contributed by atoms with Crippen LogP contribution in [0.2, 0.25) is 5.02 Å². The number of carbonyl (C=O) groups excluding carboxylic acids is 3. The van der Waals surface area contributed by atoms with Crippen molar-refractivity contribution in [3.63, 3.8) is 0 Å². The predicted octanol–water partition coefficient (Wildman–Crippen LogP) is 4.87. The molecule has 6 nitrogen and oxygen atoms in total. The number of benzene rings is 1. The van der Waals surface area contributed by atoms with Crippen molar-refractivity contribution in [2.45, 2.75) is 45.8 Å². The van der Waals surface area contributed by atoms with E-state index in [1.807, 2.05) is 49.6 Å². The third kappa shape index (κ3) is 4.50. The number of allylic oxidation sites excluding steroid dienone is 2. The Kier molecular flexibility index (Phi) is 6.76. The SMILES string of the molecule is CC(C)CC(C(=O)OCc1csc(-c2ccccc2Cl)n1)N1C(=O)C2CC=CCC2C1=O. The molecular formula is C24H25ClN2O4S. The minimum absolute atomic E-state index is 0.0288. The number of esters is 1. The van der Waals surface area contributed by atoms with Crippen LogP contribution < -0.4 is 0 Å². The van der Waals surface area contributed by atoms with E-state index in [1.54, 1.807) is 6.07 Å². The van der Waals surface area contributed by atoms with Crippen LogP contribution >= 0.6 is 22.9 Å². The van der Waals surface area contributed by atoms with Crippen molar-refractivity contribution in [2.75, 3.05) is 0 Å². The van der Waals surface area contributed by atoms with E-state index in [0.717, 1.165) is 10.6 Å². The number of hydrogen-bond acceptors (Lipinski definition) is 6. The van der Waals surface area contributed by atoms with Crippen molar-refractivity contribution in [3.8, 4) is 10.6 Å². The normalized spacial score (nSPS) is 21.2. The van der Waals surface area contributed by atoms with Gasteiger partial charge in [0.15, 0.2) is 0 Å². The number of fused-ring (bicyclic) bond motifs is 1. The molecule has 0 spiro atoms. The van der Waals surface area contributed by atoms with Crippen LogP contribution in [0.4, 0.5) is 0 Å². The third-order valence-corrected chi connectivity index (χ3v) is 7.09. The summed E-state index contributed by atoms with van der Waals surface area (Å²) < 4.78 is 5.54. The van der Waals surface area contributed by atoms with Crippen LogP contribution in [0.25, 0.3) is 10.6 Å². The van der Waals surface area contributed by atoms with Gasteiger partial charge in [0, 0.05) is 10.9 Å². The Labute approximate surface area is 196 Å². The smallest absolute Gasteiger partial charge is 0.329 e. The van der Waals surface area contributed by atoms with Gasteiger partial charge >= 0.3 is 5.97 Å². The number of halogens is 1. The van der Waals surface area contributed by atoms with Gasteiger partial charge in [-0.25, -0.2) is 9.78 Å². The van der Waals surface area contributed by atoms with Gasteiger partial charge in [-0.1, -0.05) is 55.8 Å². The molecule has 0 N–H and O–H groups in total. The molecule has 1 aliphatic heterocycles. The first-order chi connectivity index (χ1) is 15.4. The fourth-order valence-electron chi connectivity index (χ4n) is 4.26. The highest BCUT2D eigenvalue weighted by atomic mass is 35.5. The Hall–Kier alpha value is -2.51. The van der Waals surface area contributed by atoms with Crippen LogP contribution in [0, 0.1) is 17.8 Å². The second-order valence-corrected chi connectivity index (χ2v) is 9.84. The Morgan fingerprint density at radius 3 is 2.47 bits per heavy atom. The summed E-state index contributed by atoms with van der Waals surface area (Å²) in [6, 6.07) is 6.50. The van der Waals surface area contributed by atoms with E-state index < -0.39 is 12.0 Å². The highest BCUT2D eigenvalue weighted by Crippen LogP contribution is 2.37. The van der Waals surface area contributed by atoms with Crippen LogP contribution in [-0.4, -0.2) is 33.7 Å². The molecule has 1 saturated heterocycles. The first kappa shape index (κ1) is 22.7. The number of hydrogen-bond donors (Lipinski definition) is 0. The lowest BCUT2D eigenvalue weighted by Gasteiger charge is -2.26. The summed E-state index contributed by atoms with van der Waals surface area (Å²) in [7, 11) is 0. The lowest BCUT2D eigenvalue weighted by molar-refractivity contribution is -0.160. The van der Waals surface area contributed by atoms with Gasteiger partial charge in [0.25, 0.3) is 0 Å². The van der Waals surface area contributed by atoms with Gasteiger partial charge in [-0.05, 0) is 31.2 Å². The van der Waals surface area contributed by atoms with E-state index in [-0.39, 0.29) is 36.2 Å². The second-order valence-electron chi connectivity index (χ2n) is 8.58. The molecule has 2 amide bonds. The maximum absolute atomic E-state index is 13.0. The van der Waals surface area contributed by atoms with Gasteiger partial charge in [0.1, 0.15) is 17.7 Å². The van der Waals surface area contributed by atoms with Crippen molar-refractivity contribution < 1.29 is 19.1 Å². The topological polar surface area (TPSA) is 76.6 Å². The van der Waals surface area contributed by atoms with Gasteiger partial charge in [-0.3, -0.25) is 14.5 Å². The molecule has 32 heavy (non-hydrogen) atoms. The number of likely N-dealkylation sites (tertiary alicyclic amines) is 1. The summed E-state index contributed by atoms with van der Waals surface area (Å²) in [5.41, 5.74) is 1.41. The van der Waals surface area contributed by atoms with Crippen molar-refractivity contribution in [1.29, 1.82) is 0 Å². The first-order valence-corrected chi connectivity index (χ1v) is 12.0. The molecule has 0 saturated carbocycles. The maximum atomic E-state index is 13.0. The van der Waals surface area contributed by atoms with Gasteiger partial charge in [-0.2, -0.15) is 0 Å². The molecule has 2 aromatic rings. The fraction of sp³-hybridized carbons (Fsp3) is 0.417. The summed E-state index contributed by atoms with van der Waals surface area (Å²) in [5.74, 6) is -1.72. The number of thiazole rings is 1. The number of imide groups is 1. The Balaban J connectivity index is 1.47. The molecule has 0 radical (unpaired) electrons. The lowest BCUT2D eigenvalue weighted by Crippen LogP contribution is -2.47. The summed E-state index contributed by atoms with van der Waals surface area (Å²) in [6.45, 7) is 3.88. The largest absolute Gasteiger partial charge is 0.458 e. The second kappa shape index (κ2) is 9.55. The number of amides is 2. The molecule has 1 aromatic carbocycles. The summed E-state index contributed by atoms with van der Waals surface area (Å²) in [4.78, 5) is 44.7. The molecule has 3 unspecified atom stereocenters. The van der Waals surface area contributed by atoms with Crippen molar-refractivity contribution in [3.05, 3.63) is 52.5 Å². The summed E-state index contributed by atoms with van der Waals surface area (Å²) in [6.07, 6.45) is 5.32. The van der Waals surface area contributed by atoms with E-state index >= 15 is 0 Å². The van der Waals surface area contributed by atoms with E-state index in [0.29, 0.717) is 30.0 Å².